The van der Waals surface area contributed by atoms with Gasteiger partial charge in [0.05, 0.1) is 0 Å². The number of benzene rings is 2. The highest BCUT2D eigenvalue weighted by atomic mass is 19.1. The predicted octanol–water partition coefficient (Wildman–Crippen LogP) is 4.36. The Kier molecular flexibility index (Phi) is 6.89. The van der Waals surface area contributed by atoms with Crippen LogP contribution in [-0.4, -0.2) is 28.7 Å². The molecule has 0 saturated heterocycles. The molecule has 1 saturated carbocycles. The lowest BCUT2D eigenvalue weighted by Gasteiger charge is -2.36. The van der Waals surface area contributed by atoms with Gasteiger partial charge in [0.2, 0.25) is 0 Å². The van der Waals surface area contributed by atoms with Crippen molar-refractivity contribution in [1.29, 1.82) is 0 Å². The first kappa shape index (κ1) is 21.6. The Morgan fingerprint density at radius 3 is 2.50 bits per heavy atom. The van der Waals surface area contributed by atoms with Gasteiger partial charge >= 0.3 is 0 Å². The number of hydrogen-bond donors (Lipinski definition) is 2. The van der Waals surface area contributed by atoms with Crippen LogP contribution in [0.3, 0.4) is 0 Å². The third-order valence-electron chi connectivity index (χ3n) is 5.09. The largest absolute Gasteiger partial charge is 0.490 e. The fraction of sp³-hybridized carbons (Fsp3) is 0.273. The minimum Gasteiger partial charge on any atom is -0.490 e. The smallest absolute Gasteiger partial charge is 0.290 e. The van der Waals surface area contributed by atoms with E-state index in [4.69, 9.17) is 14.6 Å². The lowest BCUT2D eigenvalue weighted by Crippen LogP contribution is -2.46. The number of hydrogen-bond acceptors (Lipinski definition) is 4. The van der Waals surface area contributed by atoms with Crippen LogP contribution in [0.2, 0.25) is 0 Å². The summed E-state index contributed by atoms with van der Waals surface area (Å²) in [7, 11) is 0. The summed E-state index contributed by atoms with van der Waals surface area (Å²) in [5, 5.41) is 12.0. The Morgan fingerprint density at radius 1 is 1.17 bits per heavy atom. The minimum atomic E-state index is -0.611. The molecule has 0 radical (unpaired) electrons. The van der Waals surface area contributed by atoms with Crippen molar-refractivity contribution in [1.82, 2.24) is 10.3 Å². The lowest BCUT2D eigenvalue weighted by molar-refractivity contribution is -0.122. The molecule has 5 nitrogen and oxygen atoms in total. The number of nitrogens with zero attached hydrogens (tertiary/aromatic N) is 1. The van der Waals surface area contributed by atoms with Crippen LogP contribution in [0.5, 0.6) is 5.75 Å². The van der Waals surface area contributed by atoms with Crippen molar-refractivity contribution in [3.63, 3.8) is 0 Å². The van der Waals surface area contributed by atoms with E-state index in [1.54, 1.807) is 18.5 Å². The molecule has 1 aliphatic rings. The third kappa shape index (κ3) is 4.88. The van der Waals surface area contributed by atoms with E-state index in [-0.39, 0.29) is 35.7 Å². The highest BCUT2D eigenvalue weighted by Gasteiger charge is 2.31. The third-order valence-corrected chi connectivity index (χ3v) is 5.09. The number of carboxylic acid groups (broad SMARTS) is 1. The van der Waals surface area contributed by atoms with Gasteiger partial charge in [-0.25, -0.2) is 13.2 Å². The zero-order valence-electron chi connectivity index (χ0n) is 16.2. The van der Waals surface area contributed by atoms with Crippen LogP contribution in [0.1, 0.15) is 24.0 Å². The van der Waals surface area contributed by atoms with Crippen LogP contribution in [0.25, 0.3) is 10.8 Å². The summed E-state index contributed by atoms with van der Waals surface area (Å²) in [6, 6.07) is 7.56. The van der Waals surface area contributed by atoms with Gasteiger partial charge in [0.1, 0.15) is 29.3 Å². The predicted molar refractivity (Wildman–Crippen MR) is 106 cm³/mol. The molecule has 0 amide bonds. The van der Waals surface area contributed by atoms with E-state index in [0.29, 0.717) is 24.9 Å². The van der Waals surface area contributed by atoms with Gasteiger partial charge in [-0.3, -0.25) is 9.78 Å². The summed E-state index contributed by atoms with van der Waals surface area (Å²) < 4.78 is 47.0. The van der Waals surface area contributed by atoms with E-state index in [0.717, 1.165) is 10.8 Å². The van der Waals surface area contributed by atoms with Crippen LogP contribution in [0.15, 0.2) is 42.7 Å². The van der Waals surface area contributed by atoms with E-state index < -0.39 is 11.6 Å². The van der Waals surface area contributed by atoms with Crippen molar-refractivity contribution in [3.05, 3.63) is 71.3 Å². The van der Waals surface area contributed by atoms with Crippen molar-refractivity contribution in [3.8, 4) is 5.75 Å². The van der Waals surface area contributed by atoms with E-state index >= 15 is 0 Å². The maximum Gasteiger partial charge on any atom is 0.290 e. The first-order valence-electron chi connectivity index (χ1n) is 9.37. The molecule has 1 fully saturated rings. The molecule has 4 rings (SSSR count). The van der Waals surface area contributed by atoms with Crippen molar-refractivity contribution in [2.75, 3.05) is 0 Å². The molecule has 0 spiro atoms. The summed E-state index contributed by atoms with van der Waals surface area (Å²) in [6.07, 6.45) is 4.66. The molecule has 1 aromatic heterocycles. The van der Waals surface area contributed by atoms with Crippen molar-refractivity contribution in [2.24, 2.45) is 0 Å². The maximum absolute atomic E-state index is 14.2. The van der Waals surface area contributed by atoms with E-state index in [2.05, 4.69) is 10.3 Å². The Labute approximate surface area is 171 Å². The molecular weight excluding hydrogens is 397 g/mol. The molecule has 2 N–H and O–H groups in total. The Balaban J connectivity index is 0.000000806. The quantitative estimate of drug-likeness (QED) is 0.603. The Morgan fingerprint density at radius 2 is 1.83 bits per heavy atom. The average molecular weight is 418 g/mol. The molecule has 8 heteroatoms. The molecule has 30 heavy (non-hydrogen) atoms. The van der Waals surface area contributed by atoms with Gasteiger partial charge in [-0.15, -0.1) is 0 Å². The molecule has 0 bridgehead atoms. The monoisotopic (exact) mass is 418 g/mol. The zero-order chi connectivity index (χ0) is 21.7. The van der Waals surface area contributed by atoms with Gasteiger partial charge in [-0.1, -0.05) is 0 Å². The minimum absolute atomic E-state index is 0.0113. The van der Waals surface area contributed by atoms with Crippen molar-refractivity contribution in [2.45, 2.75) is 38.5 Å². The fourth-order valence-corrected chi connectivity index (χ4v) is 3.34. The number of rotatable bonds is 5. The maximum atomic E-state index is 14.2. The van der Waals surface area contributed by atoms with Gasteiger partial charge in [0.25, 0.3) is 6.47 Å². The fourth-order valence-electron chi connectivity index (χ4n) is 3.34. The van der Waals surface area contributed by atoms with Crippen molar-refractivity contribution >= 4 is 17.2 Å². The van der Waals surface area contributed by atoms with Crippen LogP contribution in [0, 0.1) is 24.4 Å². The molecule has 0 aliphatic heterocycles. The van der Waals surface area contributed by atoms with Crippen LogP contribution in [-0.2, 0) is 11.3 Å². The Hall–Kier alpha value is -3.13. The van der Waals surface area contributed by atoms with Gasteiger partial charge in [0, 0.05) is 53.6 Å². The topological polar surface area (TPSA) is 71.5 Å². The highest BCUT2D eigenvalue weighted by molar-refractivity contribution is 5.84. The number of nitrogens with one attached hydrogen (secondary N) is 1. The molecule has 0 unspecified atom stereocenters. The number of fused-ring (bicyclic) bond motifs is 1. The summed E-state index contributed by atoms with van der Waals surface area (Å²) in [4.78, 5) is 12.4. The Bertz CT molecular complexity index is 1020. The second kappa shape index (κ2) is 9.58. The number of ether oxygens (including phenoxy) is 1. The molecule has 0 atom stereocenters. The molecule has 1 heterocycles. The number of halogens is 3. The second-order valence-electron chi connectivity index (χ2n) is 7.03. The van der Waals surface area contributed by atoms with Crippen LogP contribution >= 0.6 is 0 Å². The lowest BCUT2D eigenvalue weighted by atomic mass is 9.89. The first-order valence-corrected chi connectivity index (χ1v) is 9.37. The second-order valence-corrected chi connectivity index (χ2v) is 7.03. The molecule has 158 valence electrons. The SMILES string of the molecule is Cc1c(F)cc(OC2CC(NCc3c(F)ccc4cnccc34)C2)cc1F.O=CO. The number of carbonyl (C=O) groups is 1. The summed E-state index contributed by atoms with van der Waals surface area (Å²) in [5.74, 6) is -1.27. The van der Waals surface area contributed by atoms with Gasteiger partial charge < -0.3 is 15.2 Å². The molecule has 3 aromatic rings. The van der Waals surface area contributed by atoms with Gasteiger partial charge in [-0.2, -0.15) is 0 Å². The highest BCUT2D eigenvalue weighted by Crippen LogP contribution is 2.29. The normalized spacial score (nSPS) is 17.6. The average Bonchev–Trinajstić information content (AvgIpc) is 2.69. The van der Waals surface area contributed by atoms with Gasteiger partial charge in [-0.05, 0) is 43.4 Å². The van der Waals surface area contributed by atoms with E-state index in [1.165, 1.54) is 25.1 Å². The number of pyridine rings is 1. The standard InChI is InChI=1S/C21H19F3N2O.CH2O2/c1-12-20(23)8-16(9-21(12)24)27-15-6-14(7-15)26-11-18-17-4-5-25-10-13(17)2-3-19(18)22;2-1-3/h2-5,8-10,14-15,26H,6-7,11H2,1H3;1H,(H,2,3). The number of aromatic nitrogens is 1. The molecule has 2 aromatic carbocycles. The van der Waals surface area contributed by atoms with Gasteiger partial charge in [0.15, 0.2) is 0 Å². The van der Waals surface area contributed by atoms with Crippen LogP contribution in [0.4, 0.5) is 13.2 Å². The summed E-state index contributed by atoms with van der Waals surface area (Å²) in [6.45, 7) is 1.54. The zero-order valence-corrected chi connectivity index (χ0v) is 16.2. The molecule has 1 aliphatic carbocycles. The van der Waals surface area contributed by atoms with E-state index in [9.17, 15) is 13.2 Å². The molecular formula is C22H21F3N2O3. The first-order chi connectivity index (χ1) is 14.4. The van der Waals surface area contributed by atoms with Crippen LogP contribution < -0.4 is 10.1 Å². The summed E-state index contributed by atoms with van der Waals surface area (Å²) in [5.41, 5.74) is 0.602. The van der Waals surface area contributed by atoms with E-state index in [1.807, 2.05) is 6.07 Å². The van der Waals surface area contributed by atoms with Crippen molar-refractivity contribution < 1.29 is 27.8 Å². The summed E-state index contributed by atoms with van der Waals surface area (Å²) >= 11 is 0.